The molecule has 110 valence electrons. The fourth-order valence-corrected chi connectivity index (χ4v) is 3.89. The summed E-state index contributed by atoms with van der Waals surface area (Å²) in [5.41, 5.74) is 7.12. The van der Waals surface area contributed by atoms with Gasteiger partial charge in [0.2, 0.25) is 0 Å². The van der Waals surface area contributed by atoms with Gasteiger partial charge in [0.25, 0.3) is 5.91 Å². The molecule has 1 aliphatic rings. The van der Waals surface area contributed by atoms with Gasteiger partial charge in [0.1, 0.15) is 5.00 Å². The predicted octanol–water partition coefficient (Wildman–Crippen LogP) is 2.10. The molecule has 2 rings (SSSR count). The second-order valence-electron chi connectivity index (χ2n) is 5.54. The third-order valence-electron chi connectivity index (χ3n) is 3.75. The van der Waals surface area contributed by atoms with Crippen LogP contribution in [0.1, 0.15) is 41.1 Å². The molecule has 4 N–H and O–H groups in total. The van der Waals surface area contributed by atoms with Gasteiger partial charge in [-0.25, -0.2) is 0 Å². The van der Waals surface area contributed by atoms with Crippen molar-refractivity contribution in [1.82, 2.24) is 0 Å². The summed E-state index contributed by atoms with van der Waals surface area (Å²) >= 11 is 1.54. The highest BCUT2D eigenvalue weighted by molar-refractivity contribution is 7.16. The fraction of sp³-hybridized carbons (Fsp3) is 0.571. The number of fused-ring (bicyclic) bond motifs is 1. The van der Waals surface area contributed by atoms with E-state index in [0.29, 0.717) is 18.0 Å². The summed E-state index contributed by atoms with van der Waals surface area (Å²) in [5, 5.41) is 12.7. The van der Waals surface area contributed by atoms with E-state index >= 15 is 0 Å². The molecule has 5 nitrogen and oxygen atoms in total. The van der Waals surface area contributed by atoms with Crippen LogP contribution in [0.25, 0.3) is 0 Å². The minimum absolute atomic E-state index is 0.296. The van der Waals surface area contributed by atoms with Gasteiger partial charge in [-0.3, -0.25) is 9.59 Å². The summed E-state index contributed by atoms with van der Waals surface area (Å²) < 4.78 is 0. The zero-order valence-electron chi connectivity index (χ0n) is 11.7. The molecule has 0 spiro atoms. The van der Waals surface area contributed by atoms with Crippen LogP contribution in [-0.4, -0.2) is 23.5 Å². The van der Waals surface area contributed by atoms with Crippen LogP contribution >= 0.6 is 11.3 Å². The van der Waals surface area contributed by atoms with E-state index in [0.717, 1.165) is 29.8 Å². The maximum Gasteiger partial charge on any atom is 0.308 e. The molecule has 2 atom stereocenters. The van der Waals surface area contributed by atoms with E-state index < -0.39 is 17.8 Å². The number of carbonyl (C=O) groups excluding carboxylic acids is 1. The molecule has 20 heavy (non-hydrogen) atoms. The number of amides is 1. The second kappa shape index (κ2) is 5.83. The van der Waals surface area contributed by atoms with E-state index in [4.69, 9.17) is 10.8 Å². The molecule has 1 aromatic rings. The molecule has 1 aromatic heterocycles. The van der Waals surface area contributed by atoms with Crippen LogP contribution in [0.5, 0.6) is 0 Å². The number of aliphatic carboxylic acids is 1. The first-order valence-corrected chi connectivity index (χ1v) is 7.62. The average Bonchev–Trinajstić information content (AvgIpc) is 2.72. The van der Waals surface area contributed by atoms with E-state index in [-0.39, 0.29) is 0 Å². The minimum atomic E-state index is -0.854. The fourth-order valence-electron chi connectivity index (χ4n) is 2.47. The normalized spacial score (nSPS) is 19.2. The van der Waals surface area contributed by atoms with E-state index in [1.165, 1.54) is 4.88 Å². The highest BCUT2D eigenvalue weighted by Gasteiger charge is 2.26. The predicted molar refractivity (Wildman–Crippen MR) is 79.3 cm³/mol. The largest absolute Gasteiger partial charge is 0.481 e. The number of nitrogens with one attached hydrogen (secondary N) is 1. The summed E-state index contributed by atoms with van der Waals surface area (Å²) in [7, 11) is 0. The van der Waals surface area contributed by atoms with Gasteiger partial charge in [-0.15, -0.1) is 11.3 Å². The maximum atomic E-state index is 11.7. The summed E-state index contributed by atoms with van der Waals surface area (Å²) in [5.74, 6) is -1.17. The molecule has 2 unspecified atom stereocenters. The Morgan fingerprint density at radius 1 is 1.55 bits per heavy atom. The highest BCUT2D eigenvalue weighted by atomic mass is 32.1. The van der Waals surface area contributed by atoms with Gasteiger partial charge in [-0.05, 0) is 30.7 Å². The number of carbonyl (C=O) groups is 2. The van der Waals surface area contributed by atoms with Crippen LogP contribution in [0.15, 0.2) is 0 Å². The van der Waals surface area contributed by atoms with Gasteiger partial charge < -0.3 is 16.2 Å². The summed E-state index contributed by atoms with van der Waals surface area (Å²) in [6.07, 6.45) is 2.91. The quantitative estimate of drug-likeness (QED) is 0.776. The minimum Gasteiger partial charge on any atom is -0.481 e. The molecule has 1 amide bonds. The summed E-state index contributed by atoms with van der Waals surface area (Å²) in [4.78, 5) is 23.7. The van der Waals surface area contributed by atoms with Crippen molar-refractivity contribution in [2.75, 3.05) is 11.9 Å². The van der Waals surface area contributed by atoms with Crippen molar-refractivity contribution in [2.45, 2.75) is 33.1 Å². The van der Waals surface area contributed by atoms with Crippen molar-refractivity contribution < 1.29 is 14.7 Å². The van der Waals surface area contributed by atoms with Crippen molar-refractivity contribution in [3.63, 3.8) is 0 Å². The first kappa shape index (κ1) is 14.8. The lowest BCUT2D eigenvalue weighted by Crippen LogP contribution is -2.21. The van der Waals surface area contributed by atoms with E-state index in [1.54, 1.807) is 18.3 Å². The van der Waals surface area contributed by atoms with Crippen LogP contribution in [-0.2, 0) is 17.6 Å². The SMILES string of the molecule is CC1CCc2c(sc(NCC(C)C(=O)O)c2C(N)=O)C1. The highest BCUT2D eigenvalue weighted by Crippen LogP contribution is 2.39. The number of primary amides is 1. The van der Waals surface area contributed by atoms with Gasteiger partial charge in [0.05, 0.1) is 11.5 Å². The van der Waals surface area contributed by atoms with Crippen LogP contribution < -0.4 is 11.1 Å². The van der Waals surface area contributed by atoms with Crippen LogP contribution in [0, 0.1) is 11.8 Å². The lowest BCUT2D eigenvalue weighted by Gasteiger charge is -2.18. The summed E-state index contributed by atoms with van der Waals surface area (Å²) in [6.45, 7) is 4.13. The van der Waals surface area contributed by atoms with Gasteiger partial charge in [-0.2, -0.15) is 0 Å². The van der Waals surface area contributed by atoms with Gasteiger partial charge in [0, 0.05) is 11.4 Å². The zero-order valence-corrected chi connectivity index (χ0v) is 12.5. The molecule has 6 heteroatoms. The van der Waals surface area contributed by atoms with Gasteiger partial charge in [0.15, 0.2) is 0 Å². The molecule has 1 heterocycles. The van der Waals surface area contributed by atoms with Gasteiger partial charge >= 0.3 is 5.97 Å². The topological polar surface area (TPSA) is 92.4 Å². The average molecular weight is 296 g/mol. The Kier molecular flexibility index (Phi) is 4.32. The third-order valence-corrected chi connectivity index (χ3v) is 4.96. The smallest absolute Gasteiger partial charge is 0.308 e. The Bertz CT molecular complexity index is 539. The lowest BCUT2D eigenvalue weighted by molar-refractivity contribution is -0.140. The number of thiophene rings is 1. The lowest BCUT2D eigenvalue weighted by atomic mass is 9.88. The number of anilines is 1. The van der Waals surface area contributed by atoms with Crippen molar-refractivity contribution in [1.29, 1.82) is 0 Å². The molecule has 1 aliphatic carbocycles. The molecule has 0 saturated heterocycles. The number of nitrogens with two attached hydrogens (primary N) is 1. The Morgan fingerprint density at radius 3 is 2.85 bits per heavy atom. The monoisotopic (exact) mass is 296 g/mol. The van der Waals surface area contributed by atoms with Crippen LogP contribution in [0.3, 0.4) is 0 Å². The van der Waals surface area contributed by atoms with Crippen molar-refractivity contribution in [2.24, 2.45) is 17.6 Å². The molecule has 0 aromatic carbocycles. The Labute approximate surface area is 122 Å². The van der Waals surface area contributed by atoms with E-state index in [1.807, 2.05) is 0 Å². The number of hydrogen-bond donors (Lipinski definition) is 3. The molecular formula is C14H20N2O3S. The maximum absolute atomic E-state index is 11.7. The molecule has 0 radical (unpaired) electrons. The molecule has 0 aliphatic heterocycles. The first-order valence-electron chi connectivity index (χ1n) is 6.81. The number of carboxylic acids is 1. The Balaban J connectivity index is 2.24. The van der Waals surface area contributed by atoms with Crippen molar-refractivity contribution in [3.8, 4) is 0 Å². The second-order valence-corrected chi connectivity index (χ2v) is 6.65. The molecule has 0 bridgehead atoms. The Morgan fingerprint density at radius 2 is 2.25 bits per heavy atom. The van der Waals surface area contributed by atoms with E-state index in [2.05, 4.69) is 12.2 Å². The van der Waals surface area contributed by atoms with Crippen molar-refractivity contribution >= 4 is 28.2 Å². The zero-order chi connectivity index (χ0) is 14.9. The first-order chi connectivity index (χ1) is 9.40. The van der Waals surface area contributed by atoms with Crippen molar-refractivity contribution in [3.05, 3.63) is 16.0 Å². The van der Waals surface area contributed by atoms with Gasteiger partial charge in [-0.1, -0.05) is 13.8 Å². The third kappa shape index (κ3) is 2.95. The number of hydrogen-bond acceptors (Lipinski definition) is 4. The molecule has 0 fully saturated rings. The summed E-state index contributed by atoms with van der Waals surface area (Å²) in [6, 6.07) is 0. The Hall–Kier alpha value is -1.56. The van der Waals surface area contributed by atoms with E-state index in [9.17, 15) is 9.59 Å². The molecular weight excluding hydrogens is 276 g/mol. The number of carboxylic acid groups (broad SMARTS) is 1. The van der Waals surface area contributed by atoms with Crippen LogP contribution in [0.4, 0.5) is 5.00 Å². The van der Waals surface area contributed by atoms with Crippen LogP contribution in [0.2, 0.25) is 0 Å². The molecule has 0 saturated carbocycles. The number of rotatable bonds is 5. The standard InChI is InChI=1S/C14H20N2O3S/c1-7-3-4-9-10(5-7)20-13(11(9)12(15)17)16-6-8(2)14(18)19/h7-8,16H,3-6H2,1-2H3,(H2,15,17)(H,18,19).